The van der Waals surface area contributed by atoms with Crippen molar-refractivity contribution in [1.29, 1.82) is 0 Å². The van der Waals surface area contributed by atoms with Crippen molar-refractivity contribution in [2.45, 2.75) is 38.5 Å². The van der Waals surface area contributed by atoms with Crippen LogP contribution in [0.1, 0.15) is 44.1 Å². The normalized spacial score (nSPS) is 23.8. The molecule has 0 amide bonds. The molecule has 2 atom stereocenters. The van der Waals surface area contributed by atoms with Gasteiger partial charge in [-0.15, -0.1) is 0 Å². The van der Waals surface area contributed by atoms with E-state index in [9.17, 15) is 0 Å². The first-order valence-corrected chi connectivity index (χ1v) is 8.01. The summed E-state index contributed by atoms with van der Waals surface area (Å²) in [5.41, 5.74) is 1.36. The molecule has 0 saturated heterocycles. The number of nitrogens with zero attached hydrogens (tertiary/aromatic N) is 1. The Morgan fingerprint density at radius 2 is 1.89 bits per heavy atom. The van der Waals surface area contributed by atoms with Crippen LogP contribution in [-0.2, 0) is 0 Å². The van der Waals surface area contributed by atoms with Crippen molar-refractivity contribution < 1.29 is 0 Å². The lowest BCUT2D eigenvalue weighted by Gasteiger charge is -2.34. The molecule has 0 aliphatic heterocycles. The summed E-state index contributed by atoms with van der Waals surface area (Å²) in [6.45, 7) is 4.52. The van der Waals surface area contributed by atoms with E-state index in [0.29, 0.717) is 16.0 Å². The fourth-order valence-electron chi connectivity index (χ4n) is 3.14. The van der Waals surface area contributed by atoms with Crippen molar-refractivity contribution in [3.05, 3.63) is 33.8 Å². The zero-order chi connectivity index (χ0) is 13.8. The van der Waals surface area contributed by atoms with Gasteiger partial charge in [-0.3, -0.25) is 0 Å². The van der Waals surface area contributed by atoms with Crippen molar-refractivity contribution in [3.8, 4) is 0 Å². The fraction of sp³-hybridized carbons (Fsp3) is 0.625. The minimum absolute atomic E-state index is 0.637. The Hall–Kier alpha value is -0.240. The summed E-state index contributed by atoms with van der Waals surface area (Å²) >= 11 is 12.2. The molecule has 1 aromatic rings. The summed E-state index contributed by atoms with van der Waals surface area (Å²) in [5.74, 6) is 1.38. The minimum Gasteiger partial charge on any atom is -0.306 e. The molecule has 1 nitrogen and oxygen atoms in total. The third-order valence-corrected chi connectivity index (χ3v) is 5.11. The average molecular weight is 300 g/mol. The van der Waals surface area contributed by atoms with Crippen molar-refractivity contribution >= 4 is 23.2 Å². The Morgan fingerprint density at radius 1 is 1.16 bits per heavy atom. The zero-order valence-electron chi connectivity index (χ0n) is 11.8. The summed E-state index contributed by atoms with van der Waals surface area (Å²) in [5, 5.41) is 1.34. The van der Waals surface area contributed by atoms with E-state index in [4.69, 9.17) is 23.2 Å². The number of hydrogen-bond acceptors (Lipinski definition) is 1. The highest BCUT2D eigenvalue weighted by Gasteiger charge is 2.27. The van der Waals surface area contributed by atoms with Gasteiger partial charge in [0.15, 0.2) is 0 Å². The molecule has 0 radical (unpaired) electrons. The average Bonchev–Trinajstić information content (AvgIpc) is 2.42. The van der Waals surface area contributed by atoms with Gasteiger partial charge in [-0.05, 0) is 56.0 Å². The van der Waals surface area contributed by atoms with E-state index in [1.54, 1.807) is 0 Å². The van der Waals surface area contributed by atoms with E-state index in [1.165, 1.54) is 37.8 Å². The second kappa shape index (κ2) is 6.97. The van der Waals surface area contributed by atoms with Crippen LogP contribution in [0.25, 0.3) is 0 Å². The third kappa shape index (κ3) is 3.87. The van der Waals surface area contributed by atoms with Crippen LogP contribution in [0.2, 0.25) is 10.0 Å². The van der Waals surface area contributed by atoms with Crippen LogP contribution in [0.15, 0.2) is 18.2 Å². The predicted octanol–water partition coefficient (Wildman–Crippen LogP) is 5.22. The van der Waals surface area contributed by atoms with Gasteiger partial charge in [0.25, 0.3) is 0 Å². The van der Waals surface area contributed by atoms with E-state index in [0.717, 1.165) is 12.5 Å². The van der Waals surface area contributed by atoms with Crippen molar-refractivity contribution in [3.63, 3.8) is 0 Å². The maximum Gasteiger partial charge on any atom is 0.0595 e. The van der Waals surface area contributed by atoms with Crippen LogP contribution in [0.4, 0.5) is 0 Å². The molecule has 3 heteroatoms. The summed E-state index contributed by atoms with van der Waals surface area (Å²) in [6.07, 6.45) is 5.30. The molecule has 0 aromatic heterocycles. The van der Waals surface area contributed by atoms with Crippen molar-refractivity contribution in [2.75, 3.05) is 20.1 Å². The van der Waals surface area contributed by atoms with Crippen molar-refractivity contribution in [1.82, 2.24) is 4.90 Å². The molecule has 19 heavy (non-hydrogen) atoms. The van der Waals surface area contributed by atoms with Gasteiger partial charge >= 0.3 is 0 Å². The summed E-state index contributed by atoms with van der Waals surface area (Å²) in [4.78, 5) is 2.42. The third-order valence-electron chi connectivity index (χ3n) is 4.37. The number of benzene rings is 1. The molecule has 106 valence electrons. The molecule has 1 aliphatic rings. The van der Waals surface area contributed by atoms with Gasteiger partial charge in [-0.1, -0.05) is 49.0 Å². The van der Waals surface area contributed by atoms with Crippen LogP contribution in [0.5, 0.6) is 0 Å². The quantitative estimate of drug-likeness (QED) is 0.737. The van der Waals surface area contributed by atoms with Gasteiger partial charge in [0.2, 0.25) is 0 Å². The maximum atomic E-state index is 6.17. The highest BCUT2D eigenvalue weighted by Crippen LogP contribution is 2.39. The molecule has 1 aromatic carbocycles. The maximum absolute atomic E-state index is 6.17. The molecule has 0 bridgehead atoms. The lowest BCUT2D eigenvalue weighted by molar-refractivity contribution is 0.216. The Morgan fingerprint density at radius 3 is 2.58 bits per heavy atom. The lowest BCUT2D eigenvalue weighted by Crippen LogP contribution is -2.31. The second-order valence-electron chi connectivity index (χ2n) is 5.68. The summed E-state index contributed by atoms with van der Waals surface area (Å²) in [6, 6.07) is 6.16. The molecule has 1 aliphatic carbocycles. The SMILES string of the molecule is CCN(C)CC1CCCC[C@H]1c1ccc(Cl)c(Cl)c1. The number of halogens is 2. The Kier molecular flexibility index (Phi) is 5.56. The molecular formula is C16H23Cl2N. The van der Waals surface area contributed by atoms with Crippen LogP contribution in [0.3, 0.4) is 0 Å². The monoisotopic (exact) mass is 299 g/mol. The fourth-order valence-corrected chi connectivity index (χ4v) is 3.44. The van der Waals surface area contributed by atoms with Crippen molar-refractivity contribution in [2.24, 2.45) is 5.92 Å². The molecule has 0 spiro atoms. The highest BCUT2D eigenvalue weighted by molar-refractivity contribution is 6.42. The Labute approximate surface area is 126 Å². The first-order valence-electron chi connectivity index (χ1n) is 7.25. The van der Waals surface area contributed by atoms with Gasteiger partial charge < -0.3 is 4.90 Å². The Bertz CT molecular complexity index is 419. The Balaban J connectivity index is 2.16. The first-order chi connectivity index (χ1) is 9.11. The molecule has 1 unspecified atom stereocenters. The van der Waals surface area contributed by atoms with E-state index >= 15 is 0 Å². The molecule has 0 heterocycles. The summed E-state index contributed by atoms with van der Waals surface area (Å²) < 4.78 is 0. The topological polar surface area (TPSA) is 3.24 Å². The highest BCUT2D eigenvalue weighted by atomic mass is 35.5. The molecule has 2 rings (SSSR count). The van der Waals surface area contributed by atoms with Gasteiger partial charge in [-0.25, -0.2) is 0 Å². The number of hydrogen-bond donors (Lipinski definition) is 0. The lowest BCUT2D eigenvalue weighted by atomic mass is 9.75. The summed E-state index contributed by atoms with van der Waals surface area (Å²) in [7, 11) is 2.21. The van der Waals surface area contributed by atoms with E-state index in [-0.39, 0.29) is 0 Å². The minimum atomic E-state index is 0.637. The van der Waals surface area contributed by atoms with Gasteiger partial charge in [0, 0.05) is 6.54 Å². The van der Waals surface area contributed by atoms with E-state index < -0.39 is 0 Å². The van der Waals surface area contributed by atoms with Crippen LogP contribution < -0.4 is 0 Å². The van der Waals surface area contributed by atoms with Gasteiger partial charge in [-0.2, -0.15) is 0 Å². The number of rotatable bonds is 4. The predicted molar refractivity (Wildman–Crippen MR) is 84.3 cm³/mol. The molecular weight excluding hydrogens is 277 g/mol. The molecule has 1 saturated carbocycles. The van der Waals surface area contributed by atoms with E-state index in [2.05, 4.69) is 31.0 Å². The van der Waals surface area contributed by atoms with Crippen LogP contribution >= 0.6 is 23.2 Å². The standard InChI is InChI=1S/C16H23Cl2N/c1-3-19(2)11-13-6-4-5-7-14(13)12-8-9-15(17)16(18)10-12/h8-10,13-14H,3-7,11H2,1-2H3/t13?,14-/m0/s1. The first kappa shape index (κ1) is 15.2. The second-order valence-corrected chi connectivity index (χ2v) is 6.49. The zero-order valence-corrected chi connectivity index (χ0v) is 13.3. The van der Waals surface area contributed by atoms with E-state index in [1.807, 2.05) is 6.07 Å². The largest absolute Gasteiger partial charge is 0.306 e. The smallest absolute Gasteiger partial charge is 0.0595 e. The van der Waals surface area contributed by atoms with Gasteiger partial charge in [0.1, 0.15) is 0 Å². The van der Waals surface area contributed by atoms with Crippen LogP contribution in [0, 0.1) is 5.92 Å². The molecule has 1 fully saturated rings. The van der Waals surface area contributed by atoms with Gasteiger partial charge in [0.05, 0.1) is 10.0 Å². The van der Waals surface area contributed by atoms with Crippen LogP contribution in [-0.4, -0.2) is 25.0 Å². The molecule has 0 N–H and O–H groups in total.